The van der Waals surface area contributed by atoms with Crippen LogP contribution in [0.2, 0.25) is 0 Å². The van der Waals surface area contributed by atoms with E-state index in [0.29, 0.717) is 5.06 Å². The first-order valence-electron chi connectivity index (χ1n) is 14.3. The number of imide groups is 1. The van der Waals surface area contributed by atoms with Crippen molar-refractivity contribution in [2.75, 3.05) is 36.0 Å². The molecule has 0 N–H and O–H groups in total. The van der Waals surface area contributed by atoms with Crippen molar-refractivity contribution in [1.82, 2.24) is 5.06 Å². The number of ether oxygens (including phenoxy) is 1. The zero-order chi connectivity index (χ0) is 27.3. The average molecular weight is 532 g/mol. The van der Waals surface area contributed by atoms with Crippen LogP contribution in [-0.2, 0) is 24.6 Å². The van der Waals surface area contributed by atoms with Crippen LogP contribution in [0.15, 0.2) is 36.4 Å². The van der Waals surface area contributed by atoms with Gasteiger partial charge in [0.25, 0.3) is 11.8 Å². The summed E-state index contributed by atoms with van der Waals surface area (Å²) in [6.45, 7) is 10.7. The van der Waals surface area contributed by atoms with Crippen LogP contribution >= 0.6 is 0 Å². The van der Waals surface area contributed by atoms with Crippen molar-refractivity contribution in [2.24, 2.45) is 0 Å². The smallest absolute Gasteiger partial charge is 0.429 e. The van der Waals surface area contributed by atoms with Crippen LogP contribution in [0, 0.1) is 0 Å². The average Bonchev–Trinajstić information content (AvgIpc) is 3.70. The fourth-order valence-corrected chi connectivity index (χ4v) is 6.85. The number of amides is 2. The Kier molecular flexibility index (Phi) is 6.52. The largest absolute Gasteiger partial charge is 0.534 e. The van der Waals surface area contributed by atoms with Gasteiger partial charge in [0.1, 0.15) is 6.10 Å². The fourth-order valence-electron chi connectivity index (χ4n) is 6.85. The second-order valence-electron chi connectivity index (χ2n) is 11.8. The molecule has 3 aliphatic heterocycles. The number of carbonyl (C=O) groups is 3. The number of rotatable bonds is 5. The van der Waals surface area contributed by atoms with E-state index >= 15 is 0 Å². The SMILES string of the molecule is CC(OC(=O)ON1C(=O)CCC1=O)C1c2ccc(N3CCCC3)cc2C(C)(C)c2cc(N3CCCC3)ccc21. The summed E-state index contributed by atoms with van der Waals surface area (Å²) in [5, 5.41) is 0.533. The summed E-state index contributed by atoms with van der Waals surface area (Å²) in [5.74, 6) is -1.27. The lowest BCUT2D eigenvalue weighted by molar-refractivity contribution is -0.178. The van der Waals surface area contributed by atoms with Crippen molar-refractivity contribution in [3.63, 3.8) is 0 Å². The number of anilines is 2. The predicted octanol–water partition coefficient (Wildman–Crippen LogP) is 5.26. The van der Waals surface area contributed by atoms with Crippen LogP contribution in [-0.4, -0.2) is 55.3 Å². The maximum Gasteiger partial charge on any atom is 0.534 e. The summed E-state index contributed by atoms with van der Waals surface area (Å²) in [5.41, 5.74) is 6.93. The zero-order valence-electron chi connectivity index (χ0n) is 23.1. The Morgan fingerprint density at radius 3 is 1.74 bits per heavy atom. The number of benzene rings is 2. The third-order valence-electron chi connectivity index (χ3n) is 8.96. The zero-order valence-corrected chi connectivity index (χ0v) is 23.1. The van der Waals surface area contributed by atoms with Gasteiger partial charge in [-0.1, -0.05) is 31.0 Å². The summed E-state index contributed by atoms with van der Waals surface area (Å²) < 4.78 is 5.76. The van der Waals surface area contributed by atoms with Gasteiger partial charge >= 0.3 is 6.16 Å². The van der Waals surface area contributed by atoms with Crippen molar-refractivity contribution in [2.45, 2.75) is 76.7 Å². The van der Waals surface area contributed by atoms with Gasteiger partial charge < -0.3 is 14.5 Å². The van der Waals surface area contributed by atoms with E-state index in [1.54, 1.807) is 0 Å². The molecule has 39 heavy (non-hydrogen) atoms. The molecule has 0 spiro atoms. The highest BCUT2D eigenvalue weighted by Crippen LogP contribution is 2.50. The molecule has 1 aliphatic carbocycles. The third kappa shape index (κ3) is 4.53. The lowest BCUT2D eigenvalue weighted by Gasteiger charge is -2.42. The molecule has 3 fully saturated rings. The monoisotopic (exact) mass is 531 g/mol. The molecule has 8 heteroatoms. The maximum absolute atomic E-state index is 12.7. The highest BCUT2D eigenvalue weighted by molar-refractivity contribution is 6.01. The summed E-state index contributed by atoms with van der Waals surface area (Å²) in [6.07, 6.45) is 3.29. The minimum absolute atomic E-state index is 0.0405. The number of carbonyl (C=O) groups excluding carboxylic acids is 3. The van der Waals surface area contributed by atoms with E-state index in [1.807, 2.05) is 6.92 Å². The van der Waals surface area contributed by atoms with E-state index < -0.39 is 24.1 Å². The number of hydrogen-bond donors (Lipinski definition) is 0. The fraction of sp³-hybridized carbons (Fsp3) is 0.516. The molecular formula is C31H37N3O5. The molecular weight excluding hydrogens is 494 g/mol. The Bertz CT molecular complexity index is 1220. The molecule has 3 heterocycles. The molecule has 4 aliphatic rings. The van der Waals surface area contributed by atoms with Crippen molar-refractivity contribution >= 4 is 29.3 Å². The molecule has 1 unspecified atom stereocenters. The molecule has 2 aromatic rings. The van der Waals surface area contributed by atoms with Gasteiger partial charge in [0, 0.05) is 61.7 Å². The van der Waals surface area contributed by atoms with E-state index in [-0.39, 0.29) is 24.2 Å². The molecule has 2 amide bonds. The quantitative estimate of drug-likeness (QED) is 0.384. The summed E-state index contributed by atoms with van der Waals surface area (Å²) >= 11 is 0. The van der Waals surface area contributed by atoms with Gasteiger partial charge in [-0.05, 0) is 79.1 Å². The molecule has 0 radical (unpaired) electrons. The van der Waals surface area contributed by atoms with Crippen LogP contribution < -0.4 is 9.80 Å². The highest BCUT2D eigenvalue weighted by atomic mass is 16.8. The summed E-state index contributed by atoms with van der Waals surface area (Å²) in [7, 11) is 0. The Balaban J connectivity index is 1.37. The first-order valence-corrected chi connectivity index (χ1v) is 14.3. The molecule has 0 bridgehead atoms. The first-order chi connectivity index (χ1) is 18.7. The maximum atomic E-state index is 12.7. The van der Waals surface area contributed by atoms with E-state index in [0.717, 1.165) is 37.3 Å². The van der Waals surface area contributed by atoms with Crippen molar-refractivity contribution in [3.8, 4) is 0 Å². The standard InChI is InChI=1S/C31H37N3O5/c1-20(38-30(37)39-34-27(35)12-13-28(34)36)29-23-10-8-21(32-14-4-5-15-32)18-25(23)31(2,3)26-19-22(9-11-24(26)29)33-16-6-7-17-33/h8-11,18-20,29H,4-7,12-17H2,1-3H3. The Labute approximate surface area is 229 Å². The molecule has 6 rings (SSSR count). The minimum Gasteiger partial charge on any atom is -0.429 e. The van der Waals surface area contributed by atoms with Gasteiger partial charge in [-0.3, -0.25) is 14.4 Å². The lowest BCUT2D eigenvalue weighted by Crippen LogP contribution is -2.37. The summed E-state index contributed by atoms with van der Waals surface area (Å²) in [4.78, 5) is 46.6. The molecule has 0 saturated carbocycles. The molecule has 2 aromatic carbocycles. The third-order valence-corrected chi connectivity index (χ3v) is 8.96. The highest BCUT2D eigenvalue weighted by Gasteiger charge is 2.42. The topological polar surface area (TPSA) is 79.4 Å². The van der Waals surface area contributed by atoms with Crippen molar-refractivity contribution in [3.05, 3.63) is 58.7 Å². The van der Waals surface area contributed by atoms with E-state index in [9.17, 15) is 14.4 Å². The lowest BCUT2D eigenvalue weighted by atomic mass is 9.64. The Morgan fingerprint density at radius 2 is 1.28 bits per heavy atom. The van der Waals surface area contributed by atoms with E-state index in [1.165, 1.54) is 48.2 Å². The van der Waals surface area contributed by atoms with Gasteiger partial charge in [-0.15, -0.1) is 0 Å². The number of fused-ring (bicyclic) bond motifs is 2. The number of nitrogens with zero attached hydrogens (tertiary/aromatic N) is 3. The Hall–Kier alpha value is -3.55. The molecule has 206 valence electrons. The summed E-state index contributed by atoms with van der Waals surface area (Å²) in [6, 6.07) is 13.4. The number of hydroxylamine groups is 2. The van der Waals surface area contributed by atoms with E-state index in [2.05, 4.69) is 60.0 Å². The van der Waals surface area contributed by atoms with Gasteiger partial charge in [-0.25, -0.2) is 4.79 Å². The van der Waals surface area contributed by atoms with Crippen molar-refractivity contribution in [1.29, 1.82) is 0 Å². The molecule has 0 aromatic heterocycles. The van der Waals surface area contributed by atoms with Gasteiger partial charge in [-0.2, -0.15) is 0 Å². The van der Waals surface area contributed by atoms with Crippen LogP contribution in [0.1, 0.15) is 87.5 Å². The van der Waals surface area contributed by atoms with Gasteiger partial charge in [0.2, 0.25) is 0 Å². The molecule has 1 atom stereocenters. The Morgan fingerprint density at radius 1 is 0.821 bits per heavy atom. The van der Waals surface area contributed by atoms with Crippen LogP contribution in [0.3, 0.4) is 0 Å². The second-order valence-corrected chi connectivity index (χ2v) is 11.8. The number of hydrogen-bond acceptors (Lipinski definition) is 7. The van der Waals surface area contributed by atoms with Crippen LogP contribution in [0.25, 0.3) is 0 Å². The van der Waals surface area contributed by atoms with Crippen molar-refractivity contribution < 1.29 is 24.0 Å². The van der Waals surface area contributed by atoms with Crippen LogP contribution in [0.5, 0.6) is 0 Å². The first kappa shape index (κ1) is 25.7. The van der Waals surface area contributed by atoms with Gasteiger partial charge in [0.15, 0.2) is 0 Å². The predicted molar refractivity (Wildman–Crippen MR) is 148 cm³/mol. The normalized spacial score (nSPS) is 21.3. The molecule has 3 saturated heterocycles. The van der Waals surface area contributed by atoms with Gasteiger partial charge in [0.05, 0.1) is 0 Å². The van der Waals surface area contributed by atoms with E-state index in [4.69, 9.17) is 9.57 Å². The minimum atomic E-state index is -1.04. The molecule has 8 nitrogen and oxygen atoms in total. The van der Waals surface area contributed by atoms with Crippen LogP contribution in [0.4, 0.5) is 16.2 Å². The second kappa shape index (κ2) is 9.88.